The fraction of sp³-hybridized carbons (Fsp3) is 0.875. The maximum atomic E-state index is 12.0. The number of carbonyl (C=O) groups excluding carboxylic acids is 4. The zero-order chi connectivity index (χ0) is 31.1. The first-order chi connectivity index (χ1) is 19.7. The highest BCUT2D eigenvalue weighted by Crippen LogP contribution is 2.12. The van der Waals surface area contributed by atoms with E-state index in [0.717, 1.165) is 25.7 Å². The summed E-state index contributed by atoms with van der Waals surface area (Å²) in [5.41, 5.74) is 15.9. The fourth-order valence-electron chi connectivity index (χ4n) is 4.02. The van der Waals surface area contributed by atoms with E-state index in [2.05, 4.69) is 13.8 Å². The number of hydrogen-bond acceptors (Lipinski definition) is 9. The third-order valence-corrected chi connectivity index (χ3v) is 6.75. The summed E-state index contributed by atoms with van der Waals surface area (Å²) < 4.78 is 9.58. The van der Waals surface area contributed by atoms with E-state index in [-0.39, 0.29) is 31.7 Å². The van der Waals surface area contributed by atoms with Crippen molar-refractivity contribution in [3.63, 3.8) is 0 Å². The molecule has 0 aliphatic heterocycles. The Labute approximate surface area is 250 Å². The molecule has 0 bridgehead atoms. The molecular formula is C32H63N3O6. The van der Waals surface area contributed by atoms with Crippen LogP contribution in [0.2, 0.25) is 0 Å². The molecule has 0 radical (unpaired) electrons. The Balaban J connectivity index is 0. The first kappa shape index (κ1) is 41.3. The lowest BCUT2D eigenvalue weighted by atomic mass is 10.1. The van der Waals surface area contributed by atoms with Crippen LogP contribution < -0.4 is 17.2 Å². The van der Waals surface area contributed by atoms with Gasteiger partial charge >= 0.3 is 23.9 Å². The average molecular weight is 586 g/mol. The average Bonchev–Trinajstić information content (AvgIpc) is 2.94. The molecule has 0 amide bonds. The Kier molecular flexibility index (Phi) is 31.3. The second kappa shape index (κ2) is 31.1. The van der Waals surface area contributed by atoms with Gasteiger partial charge in [0.05, 0.1) is 0 Å². The highest BCUT2D eigenvalue weighted by molar-refractivity contribution is 5.89. The predicted octanol–water partition coefficient (Wildman–Crippen LogP) is 6.37. The van der Waals surface area contributed by atoms with E-state index >= 15 is 0 Å². The van der Waals surface area contributed by atoms with E-state index in [1.54, 1.807) is 0 Å². The molecule has 9 heteroatoms. The monoisotopic (exact) mass is 585 g/mol. The van der Waals surface area contributed by atoms with Crippen molar-refractivity contribution in [2.75, 3.05) is 6.54 Å². The van der Waals surface area contributed by atoms with Crippen molar-refractivity contribution < 1.29 is 28.7 Å². The third-order valence-electron chi connectivity index (χ3n) is 6.75. The summed E-state index contributed by atoms with van der Waals surface area (Å²) in [4.78, 5) is 47.4. The number of ether oxygens (including phenoxy) is 2. The Morgan fingerprint density at radius 1 is 0.537 bits per heavy atom. The first-order valence-corrected chi connectivity index (χ1v) is 16.4. The van der Waals surface area contributed by atoms with Gasteiger partial charge < -0.3 is 26.7 Å². The SMILES string of the molecule is CC(N)CN.CCCCCCCCCCCC(=O)OC(=O)CC[C@H](N)C(=O)OC(=O)CCCCCCCCCCC. The number of rotatable bonds is 25. The topological polar surface area (TPSA) is 165 Å². The number of carbonyl (C=O) groups is 4. The summed E-state index contributed by atoms with van der Waals surface area (Å²) in [5.74, 6) is -2.68. The van der Waals surface area contributed by atoms with Crippen molar-refractivity contribution in [1.29, 1.82) is 0 Å². The standard InChI is InChI=1S/C29H53NO6.C3H10N2/c1-3-5-7-9-11-13-15-17-19-21-26(31)35-28(33)24-23-25(30)29(34)36-27(32)22-20-18-16-14-12-10-8-6-4-2;1-3(5)2-4/h25H,3-24,30H2,1-2H3;3H,2,4-5H2,1H3/t25-;/m0./s1. The molecule has 0 aromatic rings. The van der Waals surface area contributed by atoms with Crippen molar-refractivity contribution in [3.05, 3.63) is 0 Å². The molecule has 41 heavy (non-hydrogen) atoms. The lowest BCUT2D eigenvalue weighted by Crippen LogP contribution is -2.34. The van der Waals surface area contributed by atoms with Crippen molar-refractivity contribution in [2.24, 2.45) is 17.2 Å². The van der Waals surface area contributed by atoms with Crippen LogP contribution in [-0.4, -0.2) is 42.5 Å². The summed E-state index contributed by atoms with van der Waals surface area (Å²) in [6.45, 7) is 6.86. The maximum Gasteiger partial charge on any atom is 0.330 e. The van der Waals surface area contributed by atoms with Crippen molar-refractivity contribution in [3.8, 4) is 0 Å². The van der Waals surface area contributed by atoms with E-state index in [9.17, 15) is 19.2 Å². The lowest BCUT2D eigenvalue weighted by Gasteiger charge is -2.10. The van der Waals surface area contributed by atoms with Gasteiger partial charge in [0, 0.05) is 31.8 Å². The summed E-state index contributed by atoms with van der Waals surface area (Å²) in [6.07, 6.45) is 20.6. The first-order valence-electron chi connectivity index (χ1n) is 16.4. The smallest absolute Gasteiger partial charge is 0.330 e. The molecule has 2 atom stereocenters. The van der Waals surface area contributed by atoms with Crippen LogP contribution in [0, 0.1) is 0 Å². The zero-order valence-electron chi connectivity index (χ0n) is 26.6. The van der Waals surface area contributed by atoms with Gasteiger partial charge in [0.1, 0.15) is 6.04 Å². The molecule has 0 rings (SSSR count). The van der Waals surface area contributed by atoms with Gasteiger partial charge in [0.25, 0.3) is 0 Å². The molecule has 6 N–H and O–H groups in total. The highest BCUT2D eigenvalue weighted by atomic mass is 16.6. The molecule has 9 nitrogen and oxygen atoms in total. The normalized spacial score (nSPS) is 12.1. The van der Waals surface area contributed by atoms with Crippen molar-refractivity contribution in [2.45, 2.75) is 174 Å². The lowest BCUT2D eigenvalue weighted by molar-refractivity contribution is -0.160. The highest BCUT2D eigenvalue weighted by Gasteiger charge is 2.21. The minimum atomic E-state index is -1.10. The van der Waals surface area contributed by atoms with Gasteiger partial charge in [-0.25, -0.2) is 4.79 Å². The van der Waals surface area contributed by atoms with E-state index in [1.807, 2.05) is 6.92 Å². The van der Waals surface area contributed by atoms with Gasteiger partial charge in [0.2, 0.25) is 0 Å². The molecule has 1 unspecified atom stereocenters. The Morgan fingerprint density at radius 3 is 1.22 bits per heavy atom. The molecule has 0 fully saturated rings. The van der Waals surface area contributed by atoms with Crippen LogP contribution in [0.5, 0.6) is 0 Å². The predicted molar refractivity (Wildman–Crippen MR) is 166 cm³/mol. The summed E-state index contributed by atoms with van der Waals surface area (Å²) in [5, 5.41) is 0. The van der Waals surface area contributed by atoms with Gasteiger partial charge in [-0.1, -0.05) is 117 Å². The van der Waals surface area contributed by atoms with Crippen LogP contribution in [0.1, 0.15) is 162 Å². The van der Waals surface area contributed by atoms with Crippen LogP contribution >= 0.6 is 0 Å². The quantitative estimate of drug-likeness (QED) is 0.0627. The molecule has 0 aliphatic rings. The minimum absolute atomic E-state index is 0.0334. The van der Waals surface area contributed by atoms with Gasteiger partial charge in [-0.3, -0.25) is 14.4 Å². The minimum Gasteiger partial charge on any atom is -0.393 e. The summed E-state index contributed by atoms with van der Waals surface area (Å²) >= 11 is 0. The van der Waals surface area contributed by atoms with Gasteiger partial charge in [0.15, 0.2) is 0 Å². The second-order valence-electron chi connectivity index (χ2n) is 11.2. The van der Waals surface area contributed by atoms with Crippen LogP contribution in [0.15, 0.2) is 0 Å². The van der Waals surface area contributed by atoms with E-state index < -0.39 is 29.9 Å². The third kappa shape index (κ3) is 32.5. The number of unbranched alkanes of at least 4 members (excludes halogenated alkanes) is 16. The molecule has 0 spiro atoms. The second-order valence-corrected chi connectivity index (χ2v) is 11.2. The van der Waals surface area contributed by atoms with Crippen molar-refractivity contribution in [1.82, 2.24) is 0 Å². The van der Waals surface area contributed by atoms with E-state index in [4.69, 9.17) is 26.7 Å². The fourth-order valence-corrected chi connectivity index (χ4v) is 4.02. The molecule has 242 valence electrons. The zero-order valence-corrected chi connectivity index (χ0v) is 26.6. The Hall–Kier alpha value is -1.84. The molecule has 0 saturated heterocycles. The van der Waals surface area contributed by atoms with Crippen LogP contribution in [0.4, 0.5) is 0 Å². The largest absolute Gasteiger partial charge is 0.393 e. The van der Waals surface area contributed by atoms with Gasteiger partial charge in [-0.15, -0.1) is 0 Å². The summed E-state index contributed by atoms with van der Waals surface area (Å²) in [6, 6.07) is -0.938. The molecule has 0 heterocycles. The molecular weight excluding hydrogens is 522 g/mol. The van der Waals surface area contributed by atoms with Gasteiger partial charge in [-0.2, -0.15) is 0 Å². The molecule has 0 aromatic carbocycles. The van der Waals surface area contributed by atoms with Crippen LogP contribution in [0.25, 0.3) is 0 Å². The maximum absolute atomic E-state index is 12.0. The van der Waals surface area contributed by atoms with Gasteiger partial charge in [-0.05, 0) is 26.2 Å². The molecule has 0 saturated carbocycles. The number of hydrogen-bond donors (Lipinski definition) is 3. The number of nitrogens with two attached hydrogens (primary N) is 3. The Bertz CT molecular complexity index is 657. The Morgan fingerprint density at radius 2 is 0.854 bits per heavy atom. The number of esters is 4. The van der Waals surface area contributed by atoms with E-state index in [0.29, 0.717) is 19.4 Å². The molecule has 0 aliphatic carbocycles. The molecule has 0 aromatic heterocycles. The summed E-state index contributed by atoms with van der Waals surface area (Å²) in [7, 11) is 0. The van der Waals surface area contributed by atoms with Crippen LogP contribution in [0.3, 0.4) is 0 Å². The van der Waals surface area contributed by atoms with Crippen LogP contribution in [-0.2, 0) is 28.7 Å². The van der Waals surface area contributed by atoms with Crippen molar-refractivity contribution >= 4 is 23.9 Å². The van der Waals surface area contributed by atoms with E-state index in [1.165, 1.54) is 77.0 Å².